The summed E-state index contributed by atoms with van der Waals surface area (Å²) in [6, 6.07) is 5.02. The van der Waals surface area contributed by atoms with Gasteiger partial charge in [0.15, 0.2) is 0 Å². The summed E-state index contributed by atoms with van der Waals surface area (Å²) in [5, 5.41) is 8.85. The summed E-state index contributed by atoms with van der Waals surface area (Å²) in [6.07, 6.45) is 4.53. The Labute approximate surface area is 118 Å². The summed E-state index contributed by atoms with van der Waals surface area (Å²) < 4.78 is 26.1. The van der Waals surface area contributed by atoms with Crippen molar-refractivity contribution in [1.29, 1.82) is 5.26 Å². The van der Waals surface area contributed by atoms with Crippen LogP contribution < -0.4 is 5.56 Å². The van der Waals surface area contributed by atoms with Crippen molar-refractivity contribution in [2.75, 3.05) is 19.3 Å². The van der Waals surface area contributed by atoms with Crippen LogP contribution in [0.3, 0.4) is 0 Å². The van der Waals surface area contributed by atoms with Crippen molar-refractivity contribution >= 4 is 10.0 Å². The summed E-state index contributed by atoms with van der Waals surface area (Å²) in [7, 11) is -3.18. The smallest absolute Gasteiger partial charge is 0.268 e. The lowest BCUT2D eigenvalue weighted by Gasteiger charge is -2.31. The minimum absolute atomic E-state index is 0.102. The van der Waals surface area contributed by atoms with Gasteiger partial charge in [-0.1, -0.05) is 0 Å². The van der Waals surface area contributed by atoms with E-state index in [0.717, 1.165) is 12.8 Å². The zero-order chi connectivity index (χ0) is 14.8. The predicted octanol–water partition coefficient (Wildman–Crippen LogP) is 0.392. The molecule has 0 spiro atoms. The van der Waals surface area contributed by atoms with Crippen LogP contribution in [0.4, 0.5) is 0 Å². The first kappa shape index (κ1) is 14.8. The number of rotatable bonds is 3. The quantitative estimate of drug-likeness (QED) is 0.807. The van der Waals surface area contributed by atoms with Gasteiger partial charge in [0.2, 0.25) is 10.0 Å². The standard InChI is InChI=1S/C13H17N3O3S/c1-20(18,19)16-7-2-4-11(10-16)9-15-6-3-5-12(8-14)13(15)17/h3,5-6,11H,2,4,7,9-10H2,1H3. The summed E-state index contributed by atoms with van der Waals surface area (Å²) in [4.78, 5) is 12.0. The molecule has 1 aliphatic heterocycles. The summed E-state index contributed by atoms with van der Waals surface area (Å²) in [5.41, 5.74) is -0.199. The molecule has 0 amide bonds. The molecule has 2 heterocycles. The molecule has 6 nitrogen and oxygen atoms in total. The molecule has 1 aromatic rings. The molecule has 0 radical (unpaired) electrons. The van der Waals surface area contributed by atoms with E-state index in [0.29, 0.717) is 19.6 Å². The molecule has 0 saturated carbocycles. The third-order valence-electron chi connectivity index (χ3n) is 3.55. The van der Waals surface area contributed by atoms with Gasteiger partial charge in [0, 0.05) is 25.8 Å². The average molecular weight is 295 g/mol. The fraction of sp³-hybridized carbons (Fsp3) is 0.538. The molecule has 2 rings (SSSR count). The fourth-order valence-corrected chi connectivity index (χ4v) is 3.46. The molecule has 0 aliphatic carbocycles. The molecule has 0 N–H and O–H groups in total. The van der Waals surface area contributed by atoms with Gasteiger partial charge in [0.05, 0.1) is 6.26 Å². The lowest BCUT2D eigenvalue weighted by Crippen LogP contribution is -2.41. The number of piperidine rings is 1. The maximum Gasteiger partial charge on any atom is 0.268 e. The molecule has 1 aromatic heterocycles. The lowest BCUT2D eigenvalue weighted by molar-refractivity contribution is 0.245. The van der Waals surface area contributed by atoms with Crippen LogP contribution in [0.2, 0.25) is 0 Å². The topological polar surface area (TPSA) is 83.2 Å². The van der Waals surface area contributed by atoms with E-state index in [9.17, 15) is 13.2 Å². The molecule has 20 heavy (non-hydrogen) atoms. The van der Waals surface area contributed by atoms with Crippen molar-refractivity contribution < 1.29 is 8.42 Å². The van der Waals surface area contributed by atoms with E-state index in [4.69, 9.17) is 5.26 Å². The first-order valence-corrected chi connectivity index (χ1v) is 8.31. The molecule has 108 valence electrons. The summed E-state index contributed by atoms with van der Waals surface area (Å²) in [6.45, 7) is 1.42. The number of hydrogen-bond donors (Lipinski definition) is 0. The zero-order valence-corrected chi connectivity index (χ0v) is 12.1. The Balaban J connectivity index is 2.15. The van der Waals surface area contributed by atoms with E-state index in [-0.39, 0.29) is 17.0 Å². The molecular weight excluding hydrogens is 278 g/mol. The Bertz CT molecular complexity index is 688. The highest BCUT2D eigenvalue weighted by Crippen LogP contribution is 2.19. The monoisotopic (exact) mass is 295 g/mol. The highest BCUT2D eigenvalue weighted by molar-refractivity contribution is 7.88. The molecule has 1 unspecified atom stereocenters. The Morgan fingerprint density at radius 1 is 1.50 bits per heavy atom. The highest BCUT2D eigenvalue weighted by atomic mass is 32.2. The maximum absolute atomic E-state index is 12.0. The van der Waals surface area contributed by atoms with E-state index >= 15 is 0 Å². The highest BCUT2D eigenvalue weighted by Gasteiger charge is 2.26. The second-order valence-corrected chi connectivity index (χ2v) is 7.10. The number of aromatic nitrogens is 1. The van der Waals surface area contributed by atoms with Crippen LogP contribution in [0.15, 0.2) is 23.1 Å². The maximum atomic E-state index is 12.0. The van der Waals surface area contributed by atoms with Gasteiger partial charge in [-0.15, -0.1) is 0 Å². The number of pyridine rings is 1. The Hall–Kier alpha value is -1.65. The van der Waals surface area contributed by atoms with Crippen LogP contribution in [-0.2, 0) is 16.6 Å². The average Bonchev–Trinajstić information content (AvgIpc) is 2.40. The van der Waals surface area contributed by atoms with Gasteiger partial charge >= 0.3 is 0 Å². The number of hydrogen-bond acceptors (Lipinski definition) is 4. The zero-order valence-electron chi connectivity index (χ0n) is 11.3. The van der Waals surface area contributed by atoms with Crippen molar-refractivity contribution in [2.45, 2.75) is 19.4 Å². The second-order valence-electron chi connectivity index (χ2n) is 5.12. The first-order chi connectivity index (χ1) is 9.41. The van der Waals surface area contributed by atoms with Crippen LogP contribution in [0.25, 0.3) is 0 Å². The van der Waals surface area contributed by atoms with Gasteiger partial charge in [-0.3, -0.25) is 4.79 Å². The molecule has 1 fully saturated rings. The van der Waals surface area contributed by atoms with Gasteiger partial charge in [0.1, 0.15) is 11.6 Å². The van der Waals surface area contributed by atoms with E-state index in [1.165, 1.54) is 21.2 Å². The molecule has 1 saturated heterocycles. The van der Waals surface area contributed by atoms with E-state index in [1.54, 1.807) is 12.3 Å². The van der Waals surface area contributed by atoms with E-state index < -0.39 is 10.0 Å². The van der Waals surface area contributed by atoms with Gasteiger partial charge in [0.25, 0.3) is 5.56 Å². The second kappa shape index (κ2) is 5.77. The van der Waals surface area contributed by atoms with Gasteiger partial charge in [-0.2, -0.15) is 5.26 Å². The molecule has 1 aliphatic rings. The van der Waals surface area contributed by atoms with Crippen LogP contribution in [0.1, 0.15) is 18.4 Å². The van der Waals surface area contributed by atoms with Crippen molar-refractivity contribution in [3.05, 3.63) is 34.2 Å². The van der Waals surface area contributed by atoms with Crippen LogP contribution in [0, 0.1) is 17.2 Å². The van der Waals surface area contributed by atoms with E-state index in [2.05, 4.69) is 0 Å². The van der Waals surface area contributed by atoms with Crippen molar-refractivity contribution in [2.24, 2.45) is 5.92 Å². The molecule has 1 atom stereocenters. The minimum Gasteiger partial charge on any atom is -0.314 e. The number of nitriles is 1. The number of sulfonamides is 1. The Kier molecular flexibility index (Phi) is 4.26. The van der Waals surface area contributed by atoms with Crippen molar-refractivity contribution in [1.82, 2.24) is 8.87 Å². The fourth-order valence-electron chi connectivity index (χ4n) is 2.52. The molecular formula is C13H17N3O3S. The Morgan fingerprint density at radius 2 is 2.25 bits per heavy atom. The SMILES string of the molecule is CS(=O)(=O)N1CCCC(Cn2cccc(C#N)c2=O)C1. The Morgan fingerprint density at radius 3 is 2.90 bits per heavy atom. The van der Waals surface area contributed by atoms with Crippen molar-refractivity contribution in [3.63, 3.8) is 0 Å². The normalized spacial score (nSPS) is 20.5. The summed E-state index contributed by atoms with van der Waals surface area (Å²) in [5.74, 6) is 0.102. The third-order valence-corrected chi connectivity index (χ3v) is 4.82. The van der Waals surface area contributed by atoms with Crippen LogP contribution in [0.5, 0.6) is 0 Å². The van der Waals surface area contributed by atoms with E-state index in [1.807, 2.05) is 6.07 Å². The number of nitrogens with zero attached hydrogens (tertiary/aromatic N) is 3. The summed E-state index contributed by atoms with van der Waals surface area (Å²) >= 11 is 0. The minimum atomic E-state index is -3.18. The van der Waals surface area contributed by atoms with Gasteiger partial charge < -0.3 is 4.57 Å². The van der Waals surface area contributed by atoms with Gasteiger partial charge in [-0.05, 0) is 30.9 Å². The van der Waals surface area contributed by atoms with Crippen LogP contribution in [-0.4, -0.2) is 36.6 Å². The predicted molar refractivity (Wildman–Crippen MR) is 74.6 cm³/mol. The molecule has 7 heteroatoms. The third kappa shape index (κ3) is 3.26. The lowest BCUT2D eigenvalue weighted by atomic mass is 9.99. The van der Waals surface area contributed by atoms with Gasteiger partial charge in [-0.25, -0.2) is 12.7 Å². The molecule has 0 bridgehead atoms. The molecule has 0 aromatic carbocycles. The van der Waals surface area contributed by atoms with Crippen molar-refractivity contribution in [3.8, 4) is 6.07 Å². The largest absolute Gasteiger partial charge is 0.314 e. The van der Waals surface area contributed by atoms with Crippen LogP contribution >= 0.6 is 0 Å². The first-order valence-electron chi connectivity index (χ1n) is 6.46.